The van der Waals surface area contributed by atoms with Crippen LogP contribution in [0.25, 0.3) is 16.6 Å². The topological polar surface area (TPSA) is 97.1 Å². The molecule has 1 aliphatic rings. The molecular formula is C20H19ClN4O3. The maximum Gasteiger partial charge on any atom is 0.267 e. The van der Waals surface area contributed by atoms with Crippen LogP contribution >= 0.6 is 11.6 Å². The predicted octanol–water partition coefficient (Wildman–Crippen LogP) is 2.49. The molecule has 1 saturated carbocycles. The first kappa shape index (κ1) is 18.6. The molecule has 0 bridgehead atoms. The van der Waals surface area contributed by atoms with E-state index in [1.807, 2.05) is 0 Å². The first-order valence-corrected chi connectivity index (χ1v) is 9.52. The van der Waals surface area contributed by atoms with E-state index in [0.717, 1.165) is 0 Å². The van der Waals surface area contributed by atoms with E-state index >= 15 is 0 Å². The minimum Gasteiger partial charge on any atom is -0.392 e. The van der Waals surface area contributed by atoms with Crippen molar-refractivity contribution in [3.63, 3.8) is 0 Å². The summed E-state index contributed by atoms with van der Waals surface area (Å²) in [5, 5.41) is 12.5. The summed E-state index contributed by atoms with van der Waals surface area (Å²) in [6.45, 7) is 0. The minimum atomic E-state index is -0.584. The molecule has 3 atom stereocenters. The summed E-state index contributed by atoms with van der Waals surface area (Å²) in [6.07, 6.45) is 5.50. The Kier molecular flexibility index (Phi) is 5.11. The number of aliphatic hydroxyl groups is 1. The molecule has 8 heteroatoms. The summed E-state index contributed by atoms with van der Waals surface area (Å²) >= 11 is 6.12. The highest BCUT2D eigenvalue weighted by molar-refractivity contribution is 6.21. The van der Waals surface area contributed by atoms with Crippen LogP contribution in [0.3, 0.4) is 0 Å². The van der Waals surface area contributed by atoms with Gasteiger partial charge in [0.1, 0.15) is 6.33 Å². The lowest BCUT2D eigenvalue weighted by Crippen LogP contribution is -2.35. The molecule has 1 aromatic carbocycles. The zero-order valence-electron chi connectivity index (χ0n) is 15.0. The number of alkyl halides is 1. The molecular weight excluding hydrogens is 380 g/mol. The number of hydrogen-bond acceptors (Lipinski definition) is 5. The van der Waals surface area contributed by atoms with Crippen LogP contribution in [0.1, 0.15) is 19.3 Å². The molecule has 0 aliphatic heterocycles. The molecule has 4 rings (SSSR count). The van der Waals surface area contributed by atoms with Gasteiger partial charge in [-0.2, -0.15) is 0 Å². The lowest BCUT2D eigenvalue weighted by atomic mass is 9.86. The van der Waals surface area contributed by atoms with Crippen molar-refractivity contribution in [3.8, 4) is 5.69 Å². The molecule has 2 N–H and O–H groups in total. The summed E-state index contributed by atoms with van der Waals surface area (Å²) in [5.41, 5.74) is 1.21. The number of anilines is 1. The minimum absolute atomic E-state index is 0.207. The van der Waals surface area contributed by atoms with Gasteiger partial charge in [0.25, 0.3) is 5.56 Å². The van der Waals surface area contributed by atoms with Gasteiger partial charge in [0.2, 0.25) is 5.91 Å². The predicted molar refractivity (Wildman–Crippen MR) is 107 cm³/mol. The fraction of sp³-hybridized carbons (Fsp3) is 0.300. The highest BCUT2D eigenvalue weighted by Gasteiger charge is 2.32. The largest absolute Gasteiger partial charge is 0.392 e. The highest BCUT2D eigenvalue weighted by atomic mass is 35.5. The van der Waals surface area contributed by atoms with Gasteiger partial charge < -0.3 is 10.4 Å². The molecule has 0 saturated heterocycles. The number of carbonyl (C=O) groups is 1. The van der Waals surface area contributed by atoms with E-state index in [1.54, 1.807) is 42.7 Å². The van der Waals surface area contributed by atoms with Crippen molar-refractivity contribution in [3.05, 3.63) is 59.4 Å². The van der Waals surface area contributed by atoms with E-state index in [9.17, 15) is 14.7 Å². The molecule has 2 heterocycles. The number of aromatic nitrogens is 3. The Hall–Kier alpha value is -2.77. The lowest BCUT2D eigenvalue weighted by molar-refractivity contribution is -0.121. The van der Waals surface area contributed by atoms with Gasteiger partial charge in [-0.05, 0) is 43.5 Å². The number of hydrogen-bond donors (Lipinski definition) is 2. The molecule has 0 spiro atoms. The Bertz CT molecular complexity index is 1070. The number of amides is 1. The average molecular weight is 399 g/mol. The number of halogens is 1. The SMILES string of the molecule is O=C(Nc1cccc2ncn(-c3cccnc3)c(=O)c12)C1CCC(O)C(Cl)C1. The maximum atomic E-state index is 13.1. The van der Waals surface area contributed by atoms with Crippen LogP contribution in [0.2, 0.25) is 0 Å². The molecule has 1 amide bonds. The second-order valence-electron chi connectivity index (χ2n) is 6.91. The summed E-state index contributed by atoms with van der Waals surface area (Å²) in [5.74, 6) is -0.514. The Balaban J connectivity index is 1.70. The number of carbonyl (C=O) groups excluding carboxylic acids is 1. The third-order valence-corrected chi connectivity index (χ3v) is 5.55. The maximum absolute atomic E-state index is 13.1. The third kappa shape index (κ3) is 3.50. The zero-order valence-corrected chi connectivity index (χ0v) is 15.7. The van der Waals surface area contributed by atoms with Crippen molar-refractivity contribution < 1.29 is 9.90 Å². The number of benzene rings is 1. The molecule has 2 aromatic heterocycles. The van der Waals surface area contributed by atoms with E-state index < -0.39 is 11.5 Å². The first-order chi connectivity index (χ1) is 13.5. The standard InChI is InChI=1S/C20H19ClN4O3/c21-14-9-12(6-7-17(14)26)19(27)24-16-5-1-4-15-18(16)20(28)25(11-23-15)13-3-2-8-22-10-13/h1-5,8,10-12,14,17,26H,6-7,9H2,(H,24,27). The van der Waals surface area contributed by atoms with Gasteiger partial charge in [-0.3, -0.25) is 19.1 Å². The third-order valence-electron chi connectivity index (χ3n) is 5.08. The summed E-state index contributed by atoms with van der Waals surface area (Å²) in [7, 11) is 0. The highest BCUT2D eigenvalue weighted by Crippen LogP contribution is 2.30. The van der Waals surface area contributed by atoms with Crippen molar-refractivity contribution in [2.75, 3.05) is 5.32 Å². The van der Waals surface area contributed by atoms with Gasteiger partial charge in [0, 0.05) is 12.1 Å². The quantitative estimate of drug-likeness (QED) is 0.660. The Morgan fingerprint density at radius 3 is 2.86 bits per heavy atom. The van der Waals surface area contributed by atoms with Crippen molar-refractivity contribution in [2.45, 2.75) is 30.7 Å². The number of nitrogens with one attached hydrogen (secondary N) is 1. The van der Waals surface area contributed by atoms with Gasteiger partial charge in [-0.25, -0.2) is 4.98 Å². The van der Waals surface area contributed by atoms with E-state index in [-0.39, 0.29) is 17.4 Å². The van der Waals surface area contributed by atoms with Crippen molar-refractivity contribution >= 4 is 34.1 Å². The number of pyridine rings is 1. The monoisotopic (exact) mass is 398 g/mol. The Labute approximate surface area is 166 Å². The molecule has 28 heavy (non-hydrogen) atoms. The molecule has 3 unspecified atom stereocenters. The second-order valence-corrected chi connectivity index (χ2v) is 7.47. The van der Waals surface area contributed by atoms with Crippen LogP contribution in [-0.2, 0) is 4.79 Å². The fourth-order valence-corrected chi connectivity index (χ4v) is 3.86. The molecule has 144 valence electrons. The molecule has 1 aliphatic carbocycles. The van der Waals surface area contributed by atoms with Crippen LogP contribution in [0.5, 0.6) is 0 Å². The lowest BCUT2D eigenvalue weighted by Gasteiger charge is -2.28. The number of nitrogens with zero attached hydrogens (tertiary/aromatic N) is 3. The summed E-state index contributed by atoms with van der Waals surface area (Å²) in [4.78, 5) is 34.2. The summed E-state index contributed by atoms with van der Waals surface area (Å²) in [6, 6.07) is 8.66. The van der Waals surface area contributed by atoms with Crippen LogP contribution < -0.4 is 10.9 Å². The second kappa shape index (κ2) is 7.69. The zero-order chi connectivity index (χ0) is 19.7. The number of fused-ring (bicyclic) bond motifs is 1. The van der Waals surface area contributed by atoms with Crippen LogP contribution in [0.15, 0.2) is 53.8 Å². The van der Waals surface area contributed by atoms with E-state index in [1.165, 1.54) is 10.9 Å². The Morgan fingerprint density at radius 2 is 2.11 bits per heavy atom. The van der Waals surface area contributed by atoms with Gasteiger partial charge in [-0.1, -0.05) is 6.07 Å². The fourth-order valence-electron chi connectivity index (χ4n) is 3.52. The van der Waals surface area contributed by atoms with E-state index in [2.05, 4.69) is 15.3 Å². The van der Waals surface area contributed by atoms with Gasteiger partial charge in [-0.15, -0.1) is 11.6 Å². The van der Waals surface area contributed by atoms with E-state index in [0.29, 0.717) is 41.5 Å². The molecule has 0 radical (unpaired) electrons. The van der Waals surface area contributed by atoms with Crippen molar-refractivity contribution in [1.29, 1.82) is 0 Å². The normalized spacial score (nSPS) is 22.1. The van der Waals surface area contributed by atoms with Crippen LogP contribution in [0.4, 0.5) is 5.69 Å². The Morgan fingerprint density at radius 1 is 1.25 bits per heavy atom. The molecule has 7 nitrogen and oxygen atoms in total. The van der Waals surface area contributed by atoms with Crippen LogP contribution in [-0.4, -0.2) is 37.0 Å². The van der Waals surface area contributed by atoms with Crippen LogP contribution in [0, 0.1) is 5.92 Å². The molecule has 3 aromatic rings. The smallest absolute Gasteiger partial charge is 0.267 e. The van der Waals surface area contributed by atoms with Crippen molar-refractivity contribution in [1.82, 2.24) is 14.5 Å². The van der Waals surface area contributed by atoms with Crippen molar-refractivity contribution in [2.24, 2.45) is 5.92 Å². The molecule has 1 fully saturated rings. The van der Waals surface area contributed by atoms with Gasteiger partial charge >= 0.3 is 0 Å². The summed E-state index contributed by atoms with van der Waals surface area (Å²) < 4.78 is 1.40. The van der Waals surface area contributed by atoms with Gasteiger partial charge in [0.15, 0.2) is 0 Å². The average Bonchev–Trinajstić information content (AvgIpc) is 2.71. The van der Waals surface area contributed by atoms with E-state index in [4.69, 9.17) is 11.6 Å². The van der Waals surface area contributed by atoms with Gasteiger partial charge in [0.05, 0.1) is 40.0 Å². The number of rotatable bonds is 3. The first-order valence-electron chi connectivity index (χ1n) is 9.08. The number of aliphatic hydroxyl groups excluding tert-OH is 1.